The van der Waals surface area contributed by atoms with Crippen LogP contribution in [-0.2, 0) is 4.74 Å². The predicted molar refractivity (Wildman–Crippen MR) is 51.4 cm³/mol. The second-order valence-corrected chi connectivity index (χ2v) is 4.64. The van der Waals surface area contributed by atoms with Gasteiger partial charge < -0.3 is 9.84 Å². The van der Waals surface area contributed by atoms with Gasteiger partial charge in [0, 0.05) is 11.3 Å². The van der Waals surface area contributed by atoms with E-state index in [4.69, 9.17) is 4.74 Å². The Kier molecular flexibility index (Phi) is 2.20. The maximum atomic E-state index is 9.36. The lowest BCUT2D eigenvalue weighted by Gasteiger charge is -2.46. The molecule has 0 radical (unpaired) electrons. The number of fused-ring (bicyclic) bond motifs is 2. The molecule has 1 fully saturated rings. The van der Waals surface area contributed by atoms with Crippen molar-refractivity contribution in [3.05, 3.63) is 11.6 Å². The molecule has 3 unspecified atom stereocenters. The van der Waals surface area contributed by atoms with E-state index in [1.807, 2.05) is 0 Å². The quantitative estimate of drug-likeness (QED) is 0.626. The Morgan fingerprint density at radius 3 is 3.15 bits per heavy atom. The number of hydrogen-bond acceptors (Lipinski definition) is 2. The number of rotatable bonds is 1. The Labute approximate surface area is 79.6 Å². The van der Waals surface area contributed by atoms with Crippen LogP contribution in [0.25, 0.3) is 0 Å². The van der Waals surface area contributed by atoms with Crippen LogP contribution in [-0.4, -0.2) is 24.4 Å². The fourth-order valence-electron chi connectivity index (χ4n) is 2.49. The highest BCUT2D eigenvalue weighted by atomic mass is 16.5. The second kappa shape index (κ2) is 3.10. The van der Waals surface area contributed by atoms with Crippen molar-refractivity contribution in [1.29, 1.82) is 0 Å². The minimum atomic E-state index is 0.0384. The molecule has 1 saturated heterocycles. The molecule has 0 amide bonds. The van der Waals surface area contributed by atoms with Crippen LogP contribution in [0, 0.1) is 11.3 Å². The minimum Gasteiger partial charge on any atom is -0.396 e. The highest BCUT2D eigenvalue weighted by Crippen LogP contribution is 2.44. The third kappa shape index (κ3) is 1.42. The lowest BCUT2D eigenvalue weighted by molar-refractivity contribution is -0.104. The third-order valence-corrected chi connectivity index (χ3v) is 3.65. The van der Waals surface area contributed by atoms with E-state index in [0.717, 1.165) is 19.4 Å². The van der Waals surface area contributed by atoms with Crippen LogP contribution in [0.2, 0.25) is 0 Å². The highest BCUT2D eigenvalue weighted by Gasteiger charge is 2.42. The number of allylic oxidation sites excluding steroid dienone is 1. The zero-order valence-electron chi connectivity index (χ0n) is 8.42. The molecule has 2 bridgehead atoms. The van der Waals surface area contributed by atoms with Gasteiger partial charge in [-0.05, 0) is 26.7 Å². The van der Waals surface area contributed by atoms with Crippen molar-refractivity contribution in [1.82, 2.24) is 0 Å². The first-order valence-corrected chi connectivity index (χ1v) is 5.06. The van der Waals surface area contributed by atoms with Crippen LogP contribution in [0.4, 0.5) is 0 Å². The number of ether oxygens (including phenoxy) is 1. The van der Waals surface area contributed by atoms with E-state index >= 15 is 0 Å². The maximum absolute atomic E-state index is 9.36. The summed E-state index contributed by atoms with van der Waals surface area (Å²) in [5.74, 6) is 0.537. The fraction of sp³-hybridized carbons (Fsp3) is 0.818. The van der Waals surface area contributed by atoms with Gasteiger partial charge in [0.1, 0.15) is 0 Å². The first kappa shape index (κ1) is 9.22. The molecule has 1 aliphatic carbocycles. The van der Waals surface area contributed by atoms with Gasteiger partial charge in [-0.25, -0.2) is 0 Å². The van der Waals surface area contributed by atoms with Crippen LogP contribution in [0.1, 0.15) is 26.7 Å². The summed E-state index contributed by atoms with van der Waals surface area (Å²) in [5, 5.41) is 9.36. The largest absolute Gasteiger partial charge is 0.396 e. The standard InChI is InChI=1S/C11H18O2/c1-8-3-4-11(6-12)5-10(8)9(2)13-7-11/h3,9-10,12H,4-7H2,1-2H3. The second-order valence-electron chi connectivity index (χ2n) is 4.64. The van der Waals surface area contributed by atoms with Crippen LogP contribution < -0.4 is 0 Å². The molecule has 0 aromatic heterocycles. The molecule has 0 aromatic carbocycles. The Hall–Kier alpha value is -0.340. The predicted octanol–water partition coefficient (Wildman–Crippen LogP) is 1.74. The first-order chi connectivity index (χ1) is 6.17. The normalized spacial score (nSPS) is 44.4. The van der Waals surface area contributed by atoms with Crippen molar-refractivity contribution in [3.63, 3.8) is 0 Å². The summed E-state index contributed by atoms with van der Waals surface area (Å²) >= 11 is 0. The molecule has 74 valence electrons. The molecule has 0 saturated carbocycles. The summed E-state index contributed by atoms with van der Waals surface area (Å²) in [6.45, 7) is 5.30. The van der Waals surface area contributed by atoms with Crippen LogP contribution in [0.3, 0.4) is 0 Å². The van der Waals surface area contributed by atoms with Gasteiger partial charge in [0.2, 0.25) is 0 Å². The van der Waals surface area contributed by atoms with Crippen molar-refractivity contribution in [3.8, 4) is 0 Å². The summed E-state index contributed by atoms with van der Waals surface area (Å²) in [6.07, 6.45) is 4.70. The average molecular weight is 182 g/mol. The molecule has 2 nitrogen and oxygen atoms in total. The van der Waals surface area contributed by atoms with E-state index in [1.165, 1.54) is 5.57 Å². The molecule has 13 heavy (non-hydrogen) atoms. The van der Waals surface area contributed by atoms with Crippen molar-refractivity contribution in [2.75, 3.05) is 13.2 Å². The SMILES string of the molecule is CC1=CCC2(CO)COC(C)C1C2. The summed E-state index contributed by atoms with van der Waals surface area (Å²) in [4.78, 5) is 0. The van der Waals surface area contributed by atoms with E-state index < -0.39 is 0 Å². The Balaban J connectivity index is 2.24. The summed E-state index contributed by atoms with van der Waals surface area (Å²) in [5.41, 5.74) is 1.48. The highest BCUT2D eigenvalue weighted by molar-refractivity contribution is 5.15. The molecule has 1 heterocycles. The van der Waals surface area contributed by atoms with Gasteiger partial charge >= 0.3 is 0 Å². The van der Waals surface area contributed by atoms with E-state index in [2.05, 4.69) is 19.9 Å². The molecule has 0 spiro atoms. The maximum Gasteiger partial charge on any atom is 0.0612 e. The third-order valence-electron chi connectivity index (χ3n) is 3.65. The minimum absolute atomic E-state index is 0.0384. The lowest BCUT2D eigenvalue weighted by Crippen LogP contribution is -2.45. The number of aliphatic hydroxyl groups excluding tert-OH is 1. The van der Waals surface area contributed by atoms with Crippen LogP contribution >= 0.6 is 0 Å². The number of aliphatic hydroxyl groups is 1. The molecule has 3 atom stereocenters. The van der Waals surface area contributed by atoms with Gasteiger partial charge in [0.05, 0.1) is 19.3 Å². The van der Waals surface area contributed by atoms with E-state index in [0.29, 0.717) is 12.0 Å². The molecular formula is C11H18O2. The van der Waals surface area contributed by atoms with Gasteiger partial charge in [-0.1, -0.05) is 11.6 Å². The molecule has 1 N–H and O–H groups in total. The first-order valence-electron chi connectivity index (χ1n) is 5.06. The fourth-order valence-corrected chi connectivity index (χ4v) is 2.49. The van der Waals surface area contributed by atoms with Gasteiger partial charge in [-0.3, -0.25) is 0 Å². The molecule has 0 aromatic rings. The van der Waals surface area contributed by atoms with Crippen LogP contribution in [0.15, 0.2) is 11.6 Å². The summed E-state index contributed by atoms with van der Waals surface area (Å²) in [6, 6.07) is 0. The van der Waals surface area contributed by atoms with Gasteiger partial charge in [-0.2, -0.15) is 0 Å². The zero-order valence-corrected chi connectivity index (χ0v) is 8.42. The van der Waals surface area contributed by atoms with Crippen molar-refractivity contribution in [2.45, 2.75) is 32.8 Å². The molecule has 1 aliphatic heterocycles. The molecular weight excluding hydrogens is 164 g/mol. The van der Waals surface area contributed by atoms with Gasteiger partial charge in [-0.15, -0.1) is 0 Å². The summed E-state index contributed by atoms with van der Waals surface area (Å²) < 4.78 is 5.71. The van der Waals surface area contributed by atoms with E-state index in [9.17, 15) is 5.11 Å². The Bertz CT molecular complexity index is 234. The Morgan fingerprint density at radius 1 is 1.69 bits per heavy atom. The monoisotopic (exact) mass is 182 g/mol. The lowest BCUT2D eigenvalue weighted by atomic mass is 9.68. The van der Waals surface area contributed by atoms with Gasteiger partial charge in [0.25, 0.3) is 0 Å². The van der Waals surface area contributed by atoms with Crippen molar-refractivity contribution < 1.29 is 9.84 Å². The van der Waals surface area contributed by atoms with Crippen molar-refractivity contribution >= 4 is 0 Å². The smallest absolute Gasteiger partial charge is 0.0612 e. The average Bonchev–Trinajstić information content (AvgIpc) is 2.17. The van der Waals surface area contributed by atoms with Crippen molar-refractivity contribution in [2.24, 2.45) is 11.3 Å². The molecule has 2 aliphatic rings. The van der Waals surface area contributed by atoms with E-state index in [1.54, 1.807) is 0 Å². The zero-order chi connectivity index (χ0) is 9.47. The van der Waals surface area contributed by atoms with E-state index in [-0.39, 0.29) is 12.0 Å². The van der Waals surface area contributed by atoms with Gasteiger partial charge in [0.15, 0.2) is 0 Å². The summed E-state index contributed by atoms with van der Waals surface area (Å²) in [7, 11) is 0. The topological polar surface area (TPSA) is 29.5 Å². The number of hydrogen-bond donors (Lipinski definition) is 1. The Morgan fingerprint density at radius 2 is 2.46 bits per heavy atom. The van der Waals surface area contributed by atoms with Crippen LogP contribution in [0.5, 0.6) is 0 Å². The molecule has 2 rings (SSSR count). The molecule has 2 heteroatoms.